The van der Waals surface area contributed by atoms with Gasteiger partial charge in [0.2, 0.25) is 0 Å². The maximum absolute atomic E-state index is 5.20. The van der Waals surface area contributed by atoms with Crippen LogP contribution < -0.4 is 4.74 Å². The van der Waals surface area contributed by atoms with Gasteiger partial charge in [-0.25, -0.2) is 0 Å². The highest BCUT2D eigenvalue weighted by molar-refractivity contribution is 7.98. The molecule has 76 valence electrons. The second-order valence-corrected chi connectivity index (χ2v) is 4.26. The first-order valence-corrected chi connectivity index (χ1v) is 5.57. The maximum atomic E-state index is 5.20. The highest BCUT2D eigenvalue weighted by atomic mass is 32.2. The zero-order valence-electron chi connectivity index (χ0n) is 8.17. The molecule has 0 saturated heterocycles. The van der Waals surface area contributed by atoms with E-state index in [1.807, 2.05) is 22.8 Å². The summed E-state index contributed by atoms with van der Waals surface area (Å²) in [6, 6.07) is 6.03. The van der Waals surface area contributed by atoms with Crippen LogP contribution in [0.2, 0.25) is 0 Å². The van der Waals surface area contributed by atoms with Gasteiger partial charge in [0.25, 0.3) is 0 Å². The Kier molecular flexibility index (Phi) is 1.92. The van der Waals surface area contributed by atoms with E-state index < -0.39 is 0 Å². The molecule has 5 heteroatoms. The Labute approximate surface area is 91.3 Å². The molecule has 0 amide bonds. The number of nitrogens with zero attached hydrogens (tertiary/aromatic N) is 3. The van der Waals surface area contributed by atoms with Crippen LogP contribution >= 0.6 is 11.8 Å². The maximum Gasteiger partial charge on any atom is 0.147 e. The Morgan fingerprint density at radius 2 is 2.40 bits per heavy atom. The minimum atomic E-state index is 0.861. The topological polar surface area (TPSA) is 39.9 Å². The molecule has 0 saturated carbocycles. The van der Waals surface area contributed by atoms with Gasteiger partial charge in [0.1, 0.15) is 17.9 Å². The van der Waals surface area contributed by atoms with E-state index in [-0.39, 0.29) is 0 Å². The minimum Gasteiger partial charge on any atom is -0.497 e. The monoisotopic (exact) mass is 219 g/mol. The minimum absolute atomic E-state index is 0.861. The number of hydrogen-bond donors (Lipinski definition) is 0. The van der Waals surface area contributed by atoms with E-state index in [2.05, 4.69) is 10.2 Å². The molecule has 0 radical (unpaired) electrons. The molecule has 2 heterocycles. The Morgan fingerprint density at radius 3 is 3.27 bits per heavy atom. The predicted octanol–water partition coefficient (Wildman–Crippen LogP) is 1.88. The summed E-state index contributed by atoms with van der Waals surface area (Å²) in [6.45, 7) is 0. The van der Waals surface area contributed by atoms with Crippen LogP contribution in [0, 0.1) is 0 Å². The number of ether oxygens (including phenoxy) is 1. The van der Waals surface area contributed by atoms with E-state index in [9.17, 15) is 0 Å². The van der Waals surface area contributed by atoms with E-state index in [1.165, 1.54) is 4.90 Å². The molecule has 3 rings (SSSR count). The second-order valence-electron chi connectivity index (χ2n) is 3.24. The van der Waals surface area contributed by atoms with Gasteiger partial charge in [-0.2, -0.15) is 0 Å². The van der Waals surface area contributed by atoms with Crippen molar-refractivity contribution < 1.29 is 4.74 Å². The average Bonchev–Trinajstić information content (AvgIpc) is 2.76. The molecule has 1 aliphatic heterocycles. The van der Waals surface area contributed by atoms with Gasteiger partial charge in [0, 0.05) is 4.90 Å². The van der Waals surface area contributed by atoms with E-state index in [4.69, 9.17) is 4.74 Å². The molecular weight excluding hydrogens is 210 g/mol. The first-order chi connectivity index (χ1) is 7.38. The lowest BCUT2D eigenvalue weighted by Gasteiger charge is -2.17. The molecule has 15 heavy (non-hydrogen) atoms. The molecule has 1 aliphatic rings. The van der Waals surface area contributed by atoms with Crippen molar-refractivity contribution >= 4 is 11.8 Å². The summed E-state index contributed by atoms with van der Waals surface area (Å²) in [6.07, 6.45) is 1.75. The van der Waals surface area contributed by atoms with Crippen molar-refractivity contribution in [3.8, 4) is 11.4 Å². The third-order valence-electron chi connectivity index (χ3n) is 2.40. The van der Waals surface area contributed by atoms with Crippen LogP contribution in [0.25, 0.3) is 5.69 Å². The molecule has 0 N–H and O–H groups in total. The van der Waals surface area contributed by atoms with Gasteiger partial charge < -0.3 is 4.74 Å². The van der Waals surface area contributed by atoms with Gasteiger partial charge in [-0.1, -0.05) is 0 Å². The summed E-state index contributed by atoms with van der Waals surface area (Å²) in [5.41, 5.74) is 1.13. The second kappa shape index (κ2) is 3.27. The van der Waals surface area contributed by atoms with Gasteiger partial charge in [-0.3, -0.25) is 4.57 Å². The fraction of sp³-hybridized carbons (Fsp3) is 0.200. The normalized spacial score (nSPS) is 13.1. The van der Waals surface area contributed by atoms with Gasteiger partial charge in [0.15, 0.2) is 0 Å². The lowest BCUT2D eigenvalue weighted by atomic mass is 10.3. The fourth-order valence-electron chi connectivity index (χ4n) is 1.64. The van der Waals surface area contributed by atoms with Gasteiger partial charge in [-0.15, -0.1) is 22.0 Å². The molecule has 1 aromatic heterocycles. The fourth-order valence-corrected chi connectivity index (χ4v) is 2.63. The van der Waals surface area contributed by atoms with Crippen molar-refractivity contribution in [3.63, 3.8) is 0 Å². The zero-order chi connectivity index (χ0) is 10.3. The van der Waals surface area contributed by atoms with Crippen molar-refractivity contribution in [2.24, 2.45) is 0 Å². The SMILES string of the molecule is COc1ccc2c(c1)SCc1nncn1-2. The molecule has 0 spiro atoms. The number of fused-ring (bicyclic) bond motifs is 3. The van der Waals surface area contributed by atoms with Crippen molar-refractivity contribution in [2.75, 3.05) is 7.11 Å². The van der Waals surface area contributed by atoms with Crippen LogP contribution in [0.4, 0.5) is 0 Å². The standard InChI is InChI=1S/C10H9N3OS/c1-14-7-2-3-8-9(4-7)15-5-10-12-11-6-13(8)10/h2-4,6H,5H2,1H3. The number of aromatic nitrogens is 3. The molecular formula is C10H9N3OS. The highest BCUT2D eigenvalue weighted by Crippen LogP contribution is 2.36. The number of benzene rings is 1. The summed E-state index contributed by atoms with van der Waals surface area (Å²) in [7, 11) is 1.68. The summed E-state index contributed by atoms with van der Waals surface area (Å²) < 4.78 is 7.21. The van der Waals surface area contributed by atoms with Gasteiger partial charge in [0.05, 0.1) is 18.6 Å². The van der Waals surface area contributed by atoms with Crippen LogP contribution in [-0.2, 0) is 5.75 Å². The number of thioether (sulfide) groups is 1. The van der Waals surface area contributed by atoms with E-state index in [0.29, 0.717) is 0 Å². The Balaban J connectivity index is 2.18. The van der Waals surface area contributed by atoms with Gasteiger partial charge >= 0.3 is 0 Å². The molecule has 2 aromatic rings. The van der Waals surface area contributed by atoms with Crippen LogP contribution in [0.3, 0.4) is 0 Å². The van der Waals surface area contributed by atoms with E-state index in [1.54, 1.807) is 25.2 Å². The molecule has 4 nitrogen and oxygen atoms in total. The summed E-state index contributed by atoms with van der Waals surface area (Å²) >= 11 is 1.76. The molecule has 0 fully saturated rings. The third-order valence-corrected chi connectivity index (χ3v) is 3.44. The van der Waals surface area contributed by atoms with Crippen LogP contribution in [-0.4, -0.2) is 21.9 Å². The largest absolute Gasteiger partial charge is 0.497 e. The summed E-state index contributed by atoms with van der Waals surface area (Å²) in [5.74, 6) is 2.75. The smallest absolute Gasteiger partial charge is 0.147 e. The first-order valence-electron chi connectivity index (χ1n) is 4.58. The molecule has 0 atom stereocenters. The number of rotatable bonds is 1. The van der Waals surface area contributed by atoms with Crippen LogP contribution in [0.5, 0.6) is 5.75 Å². The Morgan fingerprint density at radius 1 is 1.47 bits per heavy atom. The van der Waals surface area contributed by atoms with Gasteiger partial charge in [-0.05, 0) is 18.2 Å². The number of methoxy groups -OCH3 is 1. The highest BCUT2D eigenvalue weighted by Gasteiger charge is 2.17. The molecule has 1 aromatic carbocycles. The van der Waals surface area contributed by atoms with Crippen molar-refractivity contribution in [2.45, 2.75) is 10.6 Å². The lowest BCUT2D eigenvalue weighted by Crippen LogP contribution is -2.05. The Bertz CT molecular complexity index is 509. The Hall–Kier alpha value is -1.49. The quantitative estimate of drug-likeness (QED) is 0.734. The third kappa shape index (κ3) is 1.31. The van der Waals surface area contributed by atoms with E-state index in [0.717, 1.165) is 23.0 Å². The lowest BCUT2D eigenvalue weighted by molar-refractivity contribution is 0.413. The summed E-state index contributed by atoms with van der Waals surface area (Å²) in [4.78, 5) is 1.21. The summed E-state index contributed by atoms with van der Waals surface area (Å²) in [5, 5.41) is 7.97. The van der Waals surface area contributed by atoms with Crippen molar-refractivity contribution in [3.05, 3.63) is 30.4 Å². The first kappa shape index (κ1) is 8.79. The molecule has 0 unspecified atom stereocenters. The van der Waals surface area contributed by atoms with E-state index >= 15 is 0 Å². The zero-order valence-corrected chi connectivity index (χ0v) is 8.99. The van der Waals surface area contributed by atoms with Crippen LogP contribution in [0.15, 0.2) is 29.4 Å². The predicted molar refractivity (Wildman–Crippen MR) is 57.5 cm³/mol. The molecule has 0 aliphatic carbocycles. The molecule has 0 bridgehead atoms. The van der Waals surface area contributed by atoms with Crippen LogP contribution in [0.1, 0.15) is 5.82 Å². The average molecular weight is 219 g/mol. The van der Waals surface area contributed by atoms with Crippen molar-refractivity contribution in [1.29, 1.82) is 0 Å². The van der Waals surface area contributed by atoms with Crippen molar-refractivity contribution in [1.82, 2.24) is 14.8 Å². The number of hydrogen-bond acceptors (Lipinski definition) is 4.